The number of hydrogen-bond acceptors (Lipinski definition) is 4. The molecule has 7 heteroatoms. The van der Waals surface area contributed by atoms with Crippen LogP contribution in [0.2, 0.25) is 0 Å². The summed E-state index contributed by atoms with van der Waals surface area (Å²) < 4.78 is 0. The van der Waals surface area contributed by atoms with E-state index in [1.807, 2.05) is 0 Å². The number of nitrogens with one attached hydrogen (secondary N) is 1. The van der Waals surface area contributed by atoms with Gasteiger partial charge < -0.3 is 11.1 Å². The van der Waals surface area contributed by atoms with Gasteiger partial charge in [-0.2, -0.15) is 11.8 Å². The third-order valence-electron chi connectivity index (χ3n) is 5.99. The zero-order valence-corrected chi connectivity index (χ0v) is 17.0. The average Bonchev–Trinajstić information content (AvgIpc) is 3.04. The maximum absolute atomic E-state index is 12.6. The molecule has 3 fully saturated rings. The standard InChI is InChI=1S/C17H31N3OS.2ClH/c18-17(8-2-1-3-9-17)15(21)19-14-16(6-4-5-7-16)20-10-12-22-13-11-20;;/h1-14,18H2,(H,19,21);2*1H. The van der Waals surface area contributed by atoms with E-state index in [1.54, 1.807) is 0 Å². The highest BCUT2D eigenvalue weighted by Crippen LogP contribution is 2.36. The lowest BCUT2D eigenvalue weighted by Gasteiger charge is -2.44. The second-order valence-corrected chi connectivity index (χ2v) is 8.66. The zero-order chi connectivity index (χ0) is 15.5. The largest absolute Gasteiger partial charge is 0.353 e. The molecule has 0 radical (unpaired) electrons. The number of rotatable bonds is 4. The Bertz CT molecular complexity index is 393. The van der Waals surface area contributed by atoms with E-state index in [-0.39, 0.29) is 36.3 Å². The van der Waals surface area contributed by atoms with Gasteiger partial charge in [-0.15, -0.1) is 24.8 Å². The van der Waals surface area contributed by atoms with Gasteiger partial charge in [-0.25, -0.2) is 0 Å². The van der Waals surface area contributed by atoms with Crippen molar-refractivity contribution in [2.24, 2.45) is 5.73 Å². The van der Waals surface area contributed by atoms with Crippen LogP contribution in [0.5, 0.6) is 0 Å². The Hall–Kier alpha value is 0.320. The number of carbonyl (C=O) groups excluding carboxylic acids is 1. The summed E-state index contributed by atoms with van der Waals surface area (Å²) in [6.07, 6.45) is 10.2. The Morgan fingerprint density at radius 1 is 0.958 bits per heavy atom. The van der Waals surface area contributed by atoms with E-state index in [2.05, 4.69) is 22.0 Å². The minimum absolute atomic E-state index is 0. The SMILES string of the molecule is Cl.Cl.NC1(C(=O)NCC2(N3CCSCC3)CCCC2)CCCCC1. The summed E-state index contributed by atoms with van der Waals surface area (Å²) in [6, 6.07) is 0. The first-order valence-electron chi connectivity index (χ1n) is 9.05. The number of carbonyl (C=O) groups is 1. The van der Waals surface area contributed by atoms with Crippen molar-refractivity contribution in [2.45, 2.75) is 68.9 Å². The summed E-state index contributed by atoms with van der Waals surface area (Å²) in [4.78, 5) is 15.3. The van der Waals surface area contributed by atoms with Gasteiger partial charge in [-0.05, 0) is 25.7 Å². The van der Waals surface area contributed by atoms with Crippen LogP contribution in [0.3, 0.4) is 0 Å². The lowest BCUT2D eigenvalue weighted by molar-refractivity contribution is -0.128. The van der Waals surface area contributed by atoms with Crippen LogP contribution in [0, 0.1) is 0 Å². The van der Waals surface area contributed by atoms with Crippen LogP contribution < -0.4 is 11.1 Å². The smallest absolute Gasteiger partial charge is 0.240 e. The molecule has 4 nitrogen and oxygen atoms in total. The summed E-state index contributed by atoms with van der Waals surface area (Å²) >= 11 is 2.05. The normalized spacial score (nSPS) is 26.0. The predicted octanol–water partition coefficient (Wildman–Crippen LogP) is 2.97. The van der Waals surface area contributed by atoms with Crippen LogP contribution in [-0.4, -0.2) is 53.0 Å². The molecule has 1 amide bonds. The fourth-order valence-electron chi connectivity index (χ4n) is 4.51. The van der Waals surface area contributed by atoms with Crippen molar-refractivity contribution < 1.29 is 4.79 Å². The van der Waals surface area contributed by atoms with Crippen LogP contribution in [0.4, 0.5) is 0 Å². The Kier molecular flexibility index (Phi) is 9.19. The number of nitrogens with zero attached hydrogens (tertiary/aromatic N) is 1. The van der Waals surface area contributed by atoms with Crippen LogP contribution in [0.1, 0.15) is 57.8 Å². The van der Waals surface area contributed by atoms with Gasteiger partial charge in [0.05, 0.1) is 5.54 Å². The third kappa shape index (κ3) is 4.94. The molecule has 24 heavy (non-hydrogen) atoms. The number of hydrogen-bond donors (Lipinski definition) is 2. The van der Waals surface area contributed by atoms with Crippen molar-refractivity contribution in [1.29, 1.82) is 0 Å². The molecular formula is C17H33Cl2N3OS. The van der Waals surface area contributed by atoms with E-state index in [1.165, 1.54) is 56.7 Å². The molecule has 0 aromatic heterocycles. The van der Waals surface area contributed by atoms with E-state index in [0.29, 0.717) is 0 Å². The van der Waals surface area contributed by atoms with Crippen LogP contribution >= 0.6 is 36.6 Å². The molecule has 0 aromatic rings. The average molecular weight is 398 g/mol. The molecule has 0 atom stereocenters. The molecule has 142 valence electrons. The Balaban J connectivity index is 0.00000144. The Morgan fingerprint density at radius 3 is 2.08 bits per heavy atom. The fraction of sp³-hybridized carbons (Fsp3) is 0.941. The first kappa shape index (κ1) is 22.4. The molecular weight excluding hydrogens is 365 g/mol. The van der Waals surface area contributed by atoms with Crippen molar-refractivity contribution in [3.05, 3.63) is 0 Å². The second-order valence-electron chi connectivity index (χ2n) is 7.43. The van der Waals surface area contributed by atoms with Crippen molar-refractivity contribution in [2.75, 3.05) is 31.1 Å². The summed E-state index contributed by atoms with van der Waals surface area (Å²) in [6.45, 7) is 3.15. The van der Waals surface area contributed by atoms with E-state index < -0.39 is 5.54 Å². The quantitative estimate of drug-likeness (QED) is 0.765. The van der Waals surface area contributed by atoms with E-state index >= 15 is 0 Å². The van der Waals surface area contributed by atoms with Gasteiger partial charge in [-0.1, -0.05) is 32.1 Å². The van der Waals surface area contributed by atoms with Gasteiger partial charge in [0.25, 0.3) is 0 Å². The summed E-state index contributed by atoms with van der Waals surface area (Å²) in [5.41, 5.74) is 5.99. The lowest BCUT2D eigenvalue weighted by atomic mass is 9.81. The topological polar surface area (TPSA) is 58.4 Å². The molecule has 0 aromatic carbocycles. The molecule has 0 spiro atoms. The predicted molar refractivity (Wildman–Crippen MR) is 108 cm³/mol. The third-order valence-corrected chi connectivity index (χ3v) is 6.93. The summed E-state index contributed by atoms with van der Waals surface area (Å²) in [5, 5.41) is 3.26. The highest BCUT2D eigenvalue weighted by molar-refractivity contribution is 7.99. The van der Waals surface area contributed by atoms with Crippen molar-refractivity contribution in [1.82, 2.24) is 10.2 Å². The molecule has 2 aliphatic carbocycles. The minimum Gasteiger partial charge on any atom is -0.353 e. The van der Waals surface area contributed by atoms with Crippen LogP contribution in [0.15, 0.2) is 0 Å². The van der Waals surface area contributed by atoms with Crippen molar-refractivity contribution in [3.8, 4) is 0 Å². The van der Waals surface area contributed by atoms with Crippen LogP contribution in [0.25, 0.3) is 0 Å². The van der Waals surface area contributed by atoms with E-state index in [4.69, 9.17) is 5.73 Å². The number of halogens is 2. The second kappa shape index (κ2) is 9.86. The first-order chi connectivity index (χ1) is 10.6. The molecule has 1 saturated heterocycles. The minimum atomic E-state index is -0.601. The number of amides is 1. The summed E-state index contributed by atoms with van der Waals surface area (Å²) in [7, 11) is 0. The molecule has 1 heterocycles. The fourth-order valence-corrected chi connectivity index (χ4v) is 5.41. The maximum atomic E-state index is 12.6. The van der Waals surface area contributed by atoms with Gasteiger partial charge >= 0.3 is 0 Å². The highest BCUT2D eigenvalue weighted by Gasteiger charge is 2.42. The molecule has 2 saturated carbocycles. The molecule has 3 N–H and O–H groups in total. The first-order valence-corrected chi connectivity index (χ1v) is 10.2. The highest BCUT2D eigenvalue weighted by atomic mass is 35.5. The monoisotopic (exact) mass is 397 g/mol. The van der Waals surface area contributed by atoms with Gasteiger partial charge in [0.1, 0.15) is 0 Å². The van der Waals surface area contributed by atoms with Gasteiger partial charge in [0.15, 0.2) is 0 Å². The van der Waals surface area contributed by atoms with E-state index in [0.717, 1.165) is 32.2 Å². The number of nitrogens with two attached hydrogens (primary N) is 1. The van der Waals surface area contributed by atoms with Gasteiger partial charge in [-0.3, -0.25) is 9.69 Å². The van der Waals surface area contributed by atoms with Crippen LogP contribution in [-0.2, 0) is 4.79 Å². The molecule has 1 aliphatic heterocycles. The van der Waals surface area contributed by atoms with E-state index in [9.17, 15) is 4.79 Å². The van der Waals surface area contributed by atoms with Gasteiger partial charge in [0.2, 0.25) is 5.91 Å². The van der Waals surface area contributed by atoms with Gasteiger partial charge in [0, 0.05) is 36.7 Å². The Labute approximate surface area is 163 Å². The number of thioether (sulfide) groups is 1. The molecule has 3 rings (SSSR count). The lowest BCUT2D eigenvalue weighted by Crippen LogP contribution is -2.61. The molecule has 0 unspecified atom stereocenters. The summed E-state index contributed by atoms with van der Waals surface area (Å²) in [5.74, 6) is 2.57. The maximum Gasteiger partial charge on any atom is 0.240 e. The Morgan fingerprint density at radius 2 is 1.50 bits per heavy atom. The molecule has 3 aliphatic rings. The van der Waals surface area contributed by atoms with Crippen molar-refractivity contribution >= 4 is 42.5 Å². The molecule has 0 bridgehead atoms. The van der Waals surface area contributed by atoms with Crippen molar-refractivity contribution in [3.63, 3.8) is 0 Å². The zero-order valence-electron chi connectivity index (χ0n) is 14.6.